The summed E-state index contributed by atoms with van der Waals surface area (Å²) in [6.07, 6.45) is 3.33. The lowest BCUT2D eigenvalue weighted by molar-refractivity contribution is -0.119. The van der Waals surface area contributed by atoms with Crippen LogP contribution >= 0.6 is 0 Å². The van der Waals surface area contributed by atoms with Gasteiger partial charge in [0, 0.05) is 30.8 Å². The number of anilines is 1. The van der Waals surface area contributed by atoms with Gasteiger partial charge >= 0.3 is 0 Å². The Morgan fingerprint density at radius 2 is 1.90 bits per heavy atom. The van der Waals surface area contributed by atoms with Gasteiger partial charge in [-0.2, -0.15) is 0 Å². The van der Waals surface area contributed by atoms with Crippen molar-refractivity contribution in [3.8, 4) is 11.5 Å². The number of benzene rings is 2. The van der Waals surface area contributed by atoms with E-state index in [1.54, 1.807) is 23.8 Å². The molecule has 4 rings (SSSR count). The fourth-order valence-electron chi connectivity index (χ4n) is 4.11. The van der Waals surface area contributed by atoms with E-state index in [-0.39, 0.29) is 17.5 Å². The van der Waals surface area contributed by atoms with E-state index >= 15 is 0 Å². The van der Waals surface area contributed by atoms with Crippen molar-refractivity contribution >= 4 is 22.5 Å². The van der Waals surface area contributed by atoms with Gasteiger partial charge in [0.2, 0.25) is 5.91 Å². The van der Waals surface area contributed by atoms with Gasteiger partial charge in [-0.25, -0.2) is 4.98 Å². The monoisotopic (exact) mass is 407 g/mol. The van der Waals surface area contributed by atoms with E-state index in [2.05, 4.69) is 18.0 Å². The molecule has 2 heterocycles. The number of aryl methyl sites for hydroxylation is 1. The largest absolute Gasteiger partial charge is 0.493 e. The van der Waals surface area contributed by atoms with Gasteiger partial charge in [-0.15, -0.1) is 0 Å². The van der Waals surface area contributed by atoms with Crippen LogP contribution in [0.3, 0.4) is 0 Å². The van der Waals surface area contributed by atoms with Crippen molar-refractivity contribution in [2.24, 2.45) is 0 Å². The van der Waals surface area contributed by atoms with E-state index in [9.17, 15) is 9.59 Å². The van der Waals surface area contributed by atoms with Crippen LogP contribution in [0.5, 0.6) is 11.5 Å². The highest BCUT2D eigenvalue weighted by Gasteiger charge is 2.29. The number of hydrogen-bond acceptors (Lipinski definition) is 5. The number of ether oxygens (including phenoxy) is 2. The third-order valence-corrected chi connectivity index (χ3v) is 5.59. The SMILES string of the molecule is COc1cc2ncn(CCCC(=O)N3c4ccccc4CC3C)c(=O)c2cc1OC. The molecule has 1 amide bonds. The van der Waals surface area contributed by atoms with Gasteiger partial charge in [-0.3, -0.25) is 14.2 Å². The Balaban J connectivity index is 1.48. The summed E-state index contributed by atoms with van der Waals surface area (Å²) in [6.45, 7) is 2.49. The first-order valence-corrected chi connectivity index (χ1v) is 10.0. The van der Waals surface area contributed by atoms with Crippen LogP contribution in [0.1, 0.15) is 25.3 Å². The number of aromatic nitrogens is 2. The van der Waals surface area contributed by atoms with E-state index in [1.165, 1.54) is 19.0 Å². The van der Waals surface area contributed by atoms with Crippen LogP contribution in [0, 0.1) is 0 Å². The normalized spacial score (nSPS) is 15.3. The summed E-state index contributed by atoms with van der Waals surface area (Å²) in [5.41, 5.74) is 2.60. The molecule has 1 aromatic heterocycles. The summed E-state index contributed by atoms with van der Waals surface area (Å²) in [6, 6.07) is 11.5. The third kappa shape index (κ3) is 3.51. The molecule has 0 spiro atoms. The standard InChI is InChI=1S/C23H25N3O4/c1-15-11-16-7-4-5-8-19(16)26(15)22(27)9-6-10-25-14-24-18-13-21(30-3)20(29-2)12-17(18)23(25)28/h4-5,7-8,12-15H,6,9-11H2,1-3H3. The molecule has 1 aliphatic heterocycles. The summed E-state index contributed by atoms with van der Waals surface area (Å²) < 4.78 is 12.1. The van der Waals surface area contributed by atoms with Crippen LogP contribution in [0.4, 0.5) is 5.69 Å². The van der Waals surface area contributed by atoms with Crippen molar-refractivity contribution in [1.82, 2.24) is 9.55 Å². The van der Waals surface area contributed by atoms with Crippen molar-refractivity contribution in [3.63, 3.8) is 0 Å². The Hall–Kier alpha value is -3.35. The Bertz CT molecular complexity index is 1150. The molecular weight excluding hydrogens is 382 g/mol. The highest BCUT2D eigenvalue weighted by molar-refractivity contribution is 5.96. The zero-order chi connectivity index (χ0) is 21.3. The molecule has 0 radical (unpaired) electrons. The fraction of sp³-hybridized carbons (Fsp3) is 0.348. The fourth-order valence-corrected chi connectivity index (χ4v) is 4.11. The number of carbonyl (C=O) groups excluding carboxylic acids is 1. The topological polar surface area (TPSA) is 73.7 Å². The number of rotatable bonds is 6. The molecule has 0 saturated heterocycles. The van der Waals surface area contributed by atoms with Crippen molar-refractivity contribution in [2.75, 3.05) is 19.1 Å². The first-order chi connectivity index (χ1) is 14.5. The quantitative estimate of drug-likeness (QED) is 0.628. The van der Waals surface area contributed by atoms with Gasteiger partial charge in [-0.1, -0.05) is 18.2 Å². The minimum Gasteiger partial charge on any atom is -0.493 e. The number of amides is 1. The van der Waals surface area contributed by atoms with Crippen molar-refractivity contribution in [2.45, 2.75) is 38.8 Å². The number of carbonyl (C=O) groups is 1. The molecule has 7 nitrogen and oxygen atoms in total. The zero-order valence-corrected chi connectivity index (χ0v) is 17.4. The highest BCUT2D eigenvalue weighted by Crippen LogP contribution is 2.32. The molecule has 7 heteroatoms. The maximum Gasteiger partial charge on any atom is 0.261 e. The first kappa shape index (κ1) is 19.9. The maximum atomic E-state index is 12.9. The van der Waals surface area contributed by atoms with E-state index in [0.717, 1.165) is 12.1 Å². The van der Waals surface area contributed by atoms with Gasteiger partial charge < -0.3 is 14.4 Å². The van der Waals surface area contributed by atoms with Gasteiger partial charge in [0.15, 0.2) is 11.5 Å². The van der Waals surface area contributed by atoms with Crippen LogP contribution in [0.15, 0.2) is 47.5 Å². The van der Waals surface area contributed by atoms with Crippen LogP contribution in [0.2, 0.25) is 0 Å². The second-order valence-electron chi connectivity index (χ2n) is 7.52. The molecule has 1 aliphatic rings. The Labute approximate surface area is 174 Å². The predicted octanol–water partition coefficient (Wildman–Crippen LogP) is 3.17. The lowest BCUT2D eigenvalue weighted by Gasteiger charge is -2.22. The lowest BCUT2D eigenvalue weighted by Crippen LogP contribution is -2.35. The number of para-hydroxylation sites is 1. The van der Waals surface area contributed by atoms with E-state index < -0.39 is 0 Å². The second-order valence-corrected chi connectivity index (χ2v) is 7.52. The summed E-state index contributed by atoms with van der Waals surface area (Å²) in [7, 11) is 3.07. The molecule has 0 aliphatic carbocycles. The molecular formula is C23H25N3O4. The van der Waals surface area contributed by atoms with Crippen LogP contribution in [0.25, 0.3) is 10.9 Å². The molecule has 1 unspecified atom stereocenters. The van der Waals surface area contributed by atoms with Gasteiger partial charge in [0.05, 0.1) is 31.4 Å². The molecule has 1 atom stereocenters. The van der Waals surface area contributed by atoms with Crippen LogP contribution < -0.4 is 19.9 Å². The number of fused-ring (bicyclic) bond motifs is 2. The summed E-state index contributed by atoms with van der Waals surface area (Å²) in [5, 5.41) is 0.462. The Kier molecular flexibility index (Phi) is 5.44. The summed E-state index contributed by atoms with van der Waals surface area (Å²) in [5.74, 6) is 1.10. The number of nitrogens with zero attached hydrogens (tertiary/aromatic N) is 3. The molecule has 0 fully saturated rings. The molecule has 0 saturated carbocycles. The minimum atomic E-state index is -0.159. The second kappa shape index (κ2) is 8.18. The zero-order valence-electron chi connectivity index (χ0n) is 17.4. The van der Waals surface area contributed by atoms with Crippen molar-refractivity contribution in [1.29, 1.82) is 0 Å². The summed E-state index contributed by atoms with van der Waals surface area (Å²) in [4.78, 5) is 32.0. The molecule has 0 N–H and O–H groups in total. The van der Waals surface area contributed by atoms with E-state index in [4.69, 9.17) is 9.47 Å². The molecule has 30 heavy (non-hydrogen) atoms. The molecule has 3 aromatic rings. The van der Waals surface area contributed by atoms with Gasteiger partial charge in [0.25, 0.3) is 5.56 Å². The molecule has 2 aromatic carbocycles. The Morgan fingerprint density at radius 1 is 1.17 bits per heavy atom. The van der Waals surface area contributed by atoms with Crippen LogP contribution in [-0.2, 0) is 17.8 Å². The Morgan fingerprint density at radius 3 is 2.67 bits per heavy atom. The van der Waals surface area contributed by atoms with E-state index in [0.29, 0.717) is 41.8 Å². The average molecular weight is 407 g/mol. The maximum absolute atomic E-state index is 12.9. The minimum absolute atomic E-state index is 0.0839. The van der Waals surface area contributed by atoms with Gasteiger partial charge in [-0.05, 0) is 37.5 Å². The first-order valence-electron chi connectivity index (χ1n) is 10.0. The number of hydrogen-bond donors (Lipinski definition) is 0. The predicted molar refractivity (Wildman–Crippen MR) is 115 cm³/mol. The molecule has 156 valence electrons. The van der Waals surface area contributed by atoms with Crippen molar-refractivity contribution in [3.05, 3.63) is 58.6 Å². The van der Waals surface area contributed by atoms with Crippen LogP contribution in [-0.4, -0.2) is 35.7 Å². The highest BCUT2D eigenvalue weighted by atomic mass is 16.5. The number of methoxy groups -OCH3 is 2. The summed E-state index contributed by atoms with van der Waals surface area (Å²) >= 11 is 0. The van der Waals surface area contributed by atoms with E-state index in [1.807, 2.05) is 23.1 Å². The molecule has 0 bridgehead atoms. The average Bonchev–Trinajstić information content (AvgIpc) is 3.10. The van der Waals surface area contributed by atoms with Gasteiger partial charge in [0.1, 0.15) is 0 Å². The lowest BCUT2D eigenvalue weighted by atomic mass is 10.1. The van der Waals surface area contributed by atoms with Crippen molar-refractivity contribution < 1.29 is 14.3 Å². The third-order valence-electron chi connectivity index (χ3n) is 5.59. The smallest absolute Gasteiger partial charge is 0.261 e.